The van der Waals surface area contributed by atoms with Crippen molar-refractivity contribution < 1.29 is 23.9 Å². The van der Waals surface area contributed by atoms with Gasteiger partial charge in [-0.2, -0.15) is 0 Å². The summed E-state index contributed by atoms with van der Waals surface area (Å²) in [4.78, 5) is 48.3. The van der Waals surface area contributed by atoms with Crippen LogP contribution in [0.15, 0.2) is 24.3 Å². The standard InChI is InChI=1S/C19H26N4O5/c1-12(2)13-5-7-14(8-6-13)28-11-16(25)22-21-15(24)9-10-23-17(26)19(3,4)20-18(23)27/h5-8,12H,9-11H2,1-4H3,(H,20,27)(H,21,24)(H,22,25). The quantitative estimate of drug-likeness (QED) is 0.475. The fourth-order valence-corrected chi connectivity index (χ4v) is 2.57. The SMILES string of the molecule is CC(C)c1ccc(OCC(=O)NNC(=O)CCN2C(=O)NC(C)(C)C2=O)cc1. The molecule has 0 aliphatic carbocycles. The first kappa shape index (κ1) is 21.2. The monoisotopic (exact) mass is 390 g/mol. The van der Waals surface area contributed by atoms with Crippen molar-refractivity contribution >= 4 is 23.8 Å². The predicted octanol–water partition coefficient (Wildman–Crippen LogP) is 1.06. The molecule has 5 amide bonds. The van der Waals surface area contributed by atoms with Gasteiger partial charge in [0, 0.05) is 13.0 Å². The summed E-state index contributed by atoms with van der Waals surface area (Å²) in [7, 11) is 0. The maximum absolute atomic E-state index is 12.0. The Labute approximate surface area is 163 Å². The summed E-state index contributed by atoms with van der Waals surface area (Å²) >= 11 is 0. The number of ether oxygens (including phenoxy) is 1. The van der Waals surface area contributed by atoms with Gasteiger partial charge in [-0.25, -0.2) is 4.79 Å². The molecule has 1 aromatic carbocycles. The van der Waals surface area contributed by atoms with E-state index in [2.05, 4.69) is 30.0 Å². The highest BCUT2D eigenvalue weighted by atomic mass is 16.5. The summed E-state index contributed by atoms with van der Waals surface area (Å²) in [6, 6.07) is 6.87. The Kier molecular flexibility index (Phi) is 6.61. The third kappa shape index (κ3) is 5.45. The van der Waals surface area contributed by atoms with Crippen molar-refractivity contribution in [2.45, 2.75) is 45.6 Å². The summed E-state index contributed by atoms with van der Waals surface area (Å²) < 4.78 is 5.36. The molecular weight excluding hydrogens is 364 g/mol. The number of benzene rings is 1. The van der Waals surface area contributed by atoms with E-state index in [9.17, 15) is 19.2 Å². The number of imide groups is 1. The second-order valence-electron chi connectivity index (χ2n) is 7.37. The molecule has 3 N–H and O–H groups in total. The summed E-state index contributed by atoms with van der Waals surface area (Å²) in [5.41, 5.74) is 4.64. The van der Waals surface area contributed by atoms with Crippen LogP contribution in [-0.2, 0) is 14.4 Å². The number of carbonyl (C=O) groups is 4. The van der Waals surface area contributed by atoms with Crippen molar-refractivity contribution in [2.24, 2.45) is 0 Å². The largest absolute Gasteiger partial charge is 0.484 e. The van der Waals surface area contributed by atoms with Crippen molar-refractivity contribution in [3.8, 4) is 5.75 Å². The molecule has 9 nitrogen and oxygen atoms in total. The van der Waals surface area contributed by atoms with Crippen molar-refractivity contribution in [3.05, 3.63) is 29.8 Å². The number of rotatable bonds is 7. The van der Waals surface area contributed by atoms with Crippen LogP contribution in [0.1, 0.15) is 45.6 Å². The van der Waals surface area contributed by atoms with Gasteiger partial charge in [0.25, 0.3) is 11.8 Å². The van der Waals surface area contributed by atoms with Gasteiger partial charge in [0.15, 0.2) is 6.61 Å². The number of nitrogens with zero attached hydrogens (tertiary/aromatic N) is 1. The van der Waals surface area contributed by atoms with Gasteiger partial charge in [-0.15, -0.1) is 0 Å². The van der Waals surface area contributed by atoms with E-state index in [4.69, 9.17) is 4.74 Å². The van der Waals surface area contributed by atoms with Gasteiger partial charge in [0.2, 0.25) is 5.91 Å². The minimum absolute atomic E-state index is 0.0749. The molecule has 1 aliphatic heterocycles. The number of hydrazine groups is 1. The van der Waals surface area contributed by atoms with Crippen molar-refractivity contribution in [1.29, 1.82) is 0 Å². The molecule has 1 aromatic rings. The van der Waals surface area contributed by atoms with Crippen LogP contribution in [-0.4, -0.2) is 47.3 Å². The highest BCUT2D eigenvalue weighted by Gasteiger charge is 2.43. The minimum Gasteiger partial charge on any atom is -0.484 e. The van der Waals surface area contributed by atoms with E-state index in [1.54, 1.807) is 26.0 Å². The van der Waals surface area contributed by atoms with E-state index in [0.717, 1.165) is 10.5 Å². The summed E-state index contributed by atoms with van der Waals surface area (Å²) in [6.45, 7) is 7.00. The van der Waals surface area contributed by atoms with Crippen molar-refractivity contribution in [2.75, 3.05) is 13.2 Å². The smallest absolute Gasteiger partial charge is 0.325 e. The van der Waals surface area contributed by atoms with E-state index in [1.807, 2.05) is 12.1 Å². The molecule has 28 heavy (non-hydrogen) atoms. The van der Waals surface area contributed by atoms with E-state index in [0.29, 0.717) is 11.7 Å². The minimum atomic E-state index is -0.980. The van der Waals surface area contributed by atoms with Gasteiger partial charge in [0.05, 0.1) is 0 Å². The van der Waals surface area contributed by atoms with Crippen LogP contribution in [0.5, 0.6) is 5.75 Å². The van der Waals surface area contributed by atoms with E-state index in [-0.39, 0.29) is 19.6 Å². The Hall–Kier alpha value is -3.10. The predicted molar refractivity (Wildman–Crippen MR) is 101 cm³/mol. The molecule has 0 unspecified atom stereocenters. The Morgan fingerprint density at radius 1 is 1.11 bits per heavy atom. The maximum atomic E-state index is 12.0. The molecule has 0 radical (unpaired) electrons. The van der Waals surface area contributed by atoms with E-state index >= 15 is 0 Å². The molecule has 0 bridgehead atoms. The zero-order chi connectivity index (χ0) is 20.9. The fraction of sp³-hybridized carbons (Fsp3) is 0.474. The first-order chi connectivity index (χ1) is 13.1. The normalized spacial score (nSPS) is 15.4. The van der Waals surface area contributed by atoms with Crippen LogP contribution in [0.2, 0.25) is 0 Å². The molecule has 1 fully saturated rings. The average Bonchev–Trinajstić information content (AvgIpc) is 2.83. The molecule has 1 heterocycles. The molecule has 0 spiro atoms. The lowest BCUT2D eigenvalue weighted by Crippen LogP contribution is -2.45. The fourth-order valence-electron chi connectivity index (χ4n) is 2.57. The summed E-state index contributed by atoms with van der Waals surface area (Å²) in [5, 5.41) is 2.53. The Balaban J connectivity index is 1.69. The molecule has 9 heteroatoms. The topological polar surface area (TPSA) is 117 Å². The van der Waals surface area contributed by atoms with Crippen molar-refractivity contribution in [3.63, 3.8) is 0 Å². The highest BCUT2D eigenvalue weighted by molar-refractivity contribution is 6.06. The average molecular weight is 390 g/mol. The third-order valence-electron chi connectivity index (χ3n) is 4.26. The first-order valence-corrected chi connectivity index (χ1v) is 9.04. The van der Waals surface area contributed by atoms with Crippen LogP contribution in [0.25, 0.3) is 0 Å². The molecule has 0 saturated carbocycles. The van der Waals surface area contributed by atoms with Crippen LogP contribution in [0, 0.1) is 0 Å². The first-order valence-electron chi connectivity index (χ1n) is 9.04. The Morgan fingerprint density at radius 3 is 2.25 bits per heavy atom. The number of nitrogens with one attached hydrogen (secondary N) is 3. The van der Waals surface area contributed by atoms with Gasteiger partial charge >= 0.3 is 6.03 Å². The number of amides is 5. The second kappa shape index (κ2) is 8.73. The number of hydrogen-bond acceptors (Lipinski definition) is 5. The lowest BCUT2D eigenvalue weighted by atomic mass is 10.0. The van der Waals surface area contributed by atoms with Crippen LogP contribution < -0.4 is 20.9 Å². The zero-order valence-electron chi connectivity index (χ0n) is 16.5. The third-order valence-corrected chi connectivity index (χ3v) is 4.26. The molecule has 2 rings (SSSR count). The molecule has 0 atom stereocenters. The number of hydrogen-bond donors (Lipinski definition) is 3. The highest BCUT2D eigenvalue weighted by Crippen LogP contribution is 2.18. The van der Waals surface area contributed by atoms with Gasteiger partial charge in [-0.1, -0.05) is 26.0 Å². The summed E-state index contributed by atoms with van der Waals surface area (Å²) in [5.74, 6) is -0.504. The molecule has 1 saturated heterocycles. The summed E-state index contributed by atoms with van der Waals surface area (Å²) in [6.07, 6.45) is -0.132. The Bertz CT molecular complexity index is 758. The van der Waals surface area contributed by atoms with Crippen LogP contribution in [0.3, 0.4) is 0 Å². The number of carbonyl (C=O) groups excluding carboxylic acids is 4. The van der Waals surface area contributed by atoms with Gasteiger partial charge in [0.1, 0.15) is 11.3 Å². The molecule has 1 aliphatic rings. The van der Waals surface area contributed by atoms with Crippen LogP contribution in [0.4, 0.5) is 4.79 Å². The molecular formula is C19H26N4O5. The van der Waals surface area contributed by atoms with Gasteiger partial charge < -0.3 is 10.1 Å². The maximum Gasteiger partial charge on any atom is 0.325 e. The van der Waals surface area contributed by atoms with Gasteiger partial charge in [-0.05, 0) is 37.5 Å². The van der Waals surface area contributed by atoms with Crippen LogP contribution >= 0.6 is 0 Å². The van der Waals surface area contributed by atoms with Crippen molar-refractivity contribution in [1.82, 2.24) is 21.1 Å². The molecule has 152 valence electrons. The lowest BCUT2D eigenvalue weighted by molar-refractivity contribution is -0.132. The van der Waals surface area contributed by atoms with E-state index < -0.39 is 29.3 Å². The second-order valence-corrected chi connectivity index (χ2v) is 7.37. The van der Waals surface area contributed by atoms with Gasteiger partial charge in [-0.3, -0.25) is 30.1 Å². The number of urea groups is 1. The lowest BCUT2D eigenvalue weighted by Gasteiger charge is -2.15. The zero-order valence-corrected chi connectivity index (χ0v) is 16.5. The van der Waals surface area contributed by atoms with E-state index in [1.165, 1.54) is 0 Å². The Morgan fingerprint density at radius 2 is 1.71 bits per heavy atom. The molecule has 0 aromatic heterocycles.